The van der Waals surface area contributed by atoms with Crippen LogP contribution >= 0.6 is 0 Å². The summed E-state index contributed by atoms with van der Waals surface area (Å²) in [5.74, 6) is -0.859. The second-order valence-electron chi connectivity index (χ2n) is 6.12. The summed E-state index contributed by atoms with van der Waals surface area (Å²) in [6.45, 7) is 10.1. The van der Waals surface area contributed by atoms with Crippen LogP contribution < -0.4 is 0 Å². The molecule has 0 fully saturated rings. The van der Waals surface area contributed by atoms with Gasteiger partial charge in [-0.2, -0.15) is 0 Å². The quantitative estimate of drug-likeness (QED) is 0.407. The van der Waals surface area contributed by atoms with Crippen LogP contribution in [0.5, 0.6) is 0 Å². The van der Waals surface area contributed by atoms with Crippen molar-refractivity contribution in [2.75, 3.05) is 0 Å². The maximum atomic E-state index is 10.8. The Balaban J connectivity index is 3.64. The minimum absolute atomic E-state index is 0.0683. The predicted molar refractivity (Wildman–Crippen MR) is 77.8 cm³/mol. The van der Waals surface area contributed by atoms with Crippen LogP contribution in [0.25, 0.3) is 0 Å². The summed E-state index contributed by atoms with van der Waals surface area (Å²) in [6, 6.07) is 0. The molecular formula is C16H30O2. The summed E-state index contributed by atoms with van der Waals surface area (Å²) in [4.78, 5) is 10.8. The fourth-order valence-electron chi connectivity index (χ4n) is 2.30. The minimum Gasteiger partial charge on any atom is -0.478 e. The average molecular weight is 254 g/mol. The highest BCUT2D eigenvalue weighted by atomic mass is 16.4. The lowest BCUT2D eigenvalue weighted by atomic mass is 9.81. The van der Waals surface area contributed by atoms with Crippen LogP contribution in [0.4, 0.5) is 0 Å². The summed E-state index contributed by atoms with van der Waals surface area (Å²) in [6.07, 6.45) is 10.8. The van der Waals surface area contributed by atoms with Gasteiger partial charge in [0, 0.05) is 5.57 Å². The molecule has 0 aromatic rings. The van der Waals surface area contributed by atoms with Gasteiger partial charge >= 0.3 is 5.97 Å². The molecule has 106 valence electrons. The predicted octanol–water partition coefficient (Wildman–Crippen LogP) is 5.18. The molecular weight excluding hydrogens is 224 g/mol. The highest BCUT2D eigenvalue weighted by molar-refractivity contribution is 5.85. The van der Waals surface area contributed by atoms with Crippen LogP contribution in [-0.2, 0) is 4.79 Å². The molecule has 0 aliphatic rings. The molecule has 0 radical (unpaired) electrons. The highest BCUT2D eigenvalue weighted by Gasteiger charge is 2.21. The Morgan fingerprint density at radius 2 is 1.56 bits per heavy atom. The van der Waals surface area contributed by atoms with Gasteiger partial charge in [-0.1, -0.05) is 72.3 Å². The van der Waals surface area contributed by atoms with E-state index in [1.54, 1.807) is 0 Å². The molecule has 0 spiro atoms. The van der Waals surface area contributed by atoms with Crippen LogP contribution in [0.3, 0.4) is 0 Å². The summed E-state index contributed by atoms with van der Waals surface area (Å²) >= 11 is 0. The minimum atomic E-state index is -0.859. The van der Waals surface area contributed by atoms with Crippen molar-refractivity contribution >= 4 is 5.97 Å². The van der Waals surface area contributed by atoms with Crippen LogP contribution in [0.2, 0.25) is 0 Å². The third kappa shape index (κ3) is 9.26. The fraction of sp³-hybridized carbons (Fsp3) is 0.812. The van der Waals surface area contributed by atoms with E-state index in [1.165, 1.54) is 44.9 Å². The van der Waals surface area contributed by atoms with E-state index in [9.17, 15) is 4.79 Å². The van der Waals surface area contributed by atoms with E-state index in [2.05, 4.69) is 27.4 Å². The van der Waals surface area contributed by atoms with Crippen molar-refractivity contribution in [2.24, 2.45) is 5.41 Å². The fourth-order valence-corrected chi connectivity index (χ4v) is 2.30. The topological polar surface area (TPSA) is 37.3 Å². The standard InChI is InChI=1S/C16H30O2/c1-5-6-7-8-9-10-11-12-16(3,4)13-14(2)15(17)18/h2,5-13H2,1,3-4H3,(H,17,18). The van der Waals surface area contributed by atoms with Crippen molar-refractivity contribution in [3.05, 3.63) is 12.2 Å². The number of aliphatic carboxylic acids is 1. The van der Waals surface area contributed by atoms with E-state index in [1.807, 2.05) is 0 Å². The molecule has 2 nitrogen and oxygen atoms in total. The smallest absolute Gasteiger partial charge is 0.330 e. The summed E-state index contributed by atoms with van der Waals surface area (Å²) in [5.41, 5.74) is 0.404. The zero-order valence-electron chi connectivity index (χ0n) is 12.4. The number of hydrogen-bond acceptors (Lipinski definition) is 1. The van der Waals surface area contributed by atoms with E-state index < -0.39 is 5.97 Å². The molecule has 18 heavy (non-hydrogen) atoms. The lowest BCUT2D eigenvalue weighted by molar-refractivity contribution is -0.133. The summed E-state index contributed by atoms with van der Waals surface area (Å²) in [5, 5.41) is 8.84. The van der Waals surface area contributed by atoms with Gasteiger partial charge < -0.3 is 5.11 Å². The summed E-state index contributed by atoms with van der Waals surface area (Å²) in [7, 11) is 0. The lowest BCUT2D eigenvalue weighted by Gasteiger charge is -2.24. The third-order valence-corrected chi connectivity index (χ3v) is 3.45. The molecule has 0 saturated heterocycles. The monoisotopic (exact) mass is 254 g/mol. The molecule has 0 unspecified atom stereocenters. The Labute approximate surface area is 112 Å². The maximum Gasteiger partial charge on any atom is 0.330 e. The van der Waals surface area contributed by atoms with Gasteiger partial charge in [0.25, 0.3) is 0 Å². The van der Waals surface area contributed by atoms with Crippen molar-refractivity contribution in [3.8, 4) is 0 Å². The van der Waals surface area contributed by atoms with E-state index >= 15 is 0 Å². The molecule has 0 rings (SSSR count). The number of hydrogen-bond donors (Lipinski definition) is 1. The number of carboxylic acid groups (broad SMARTS) is 1. The molecule has 0 aromatic carbocycles. The Kier molecular flexibility index (Phi) is 8.78. The van der Waals surface area contributed by atoms with Crippen LogP contribution in [0.15, 0.2) is 12.2 Å². The van der Waals surface area contributed by atoms with Gasteiger partial charge in [-0.15, -0.1) is 0 Å². The van der Waals surface area contributed by atoms with Gasteiger partial charge in [0.15, 0.2) is 0 Å². The Morgan fingerprint density at radius 3 is 2.06 bits per heavy atom. The lowest BCUT2D eigenvalue weighted by Crippen LogP contribution is -2.15. The first kappa shape index (κ1) is 17.2. The van der Waals surface area contributed by atoms with Gasteiger partial charge in [0.1, 0.15) is 0 Å². The third-order valence-electron chi connectivity index (χ3n) is 3.45. The second kappa shape index (κ2) is 9.18. The summed E-state index contributed by atoms with van der Waals surface area (Å²) < 4.78 is 0. The van der Waals surface area contributed by atoms with Gasteiger partial charge in [0.2, 0.25) is 0 Å². The first-order valence-electron chi connectivity index (χ1n) is 7.30. The average Bonchev–Trinajstić information content (AvgIpc) is 2.27. The molecule has 1 N–H and O–H groups in total. The van der Waals surface area contributed by atoms with Crippen LogP contribution in [0.1, 0.15) is 78.6 Å². The highest BCUT2D eigenvalue weighted by Crippen LogP contribution is 2.31. The zero-order chi connectivity index (χ0) is 14.0. The first-order chi connectivity index (χ1) is 8.39. The van der Waals surface area contributed by atoms with E-state index in [0.717, 1.165) is 6.42 Å². The molecule has 0 amide bonds. The van der Waals surface area contributed by atoms with Crippen molar-refractivity contribution in [1.82, 2.24) is 0 Å². The Bertz CT molecular complexity index is 254. The van der Waals surface area contributed by atoms with Crippen molar-refractivity contribution in [2.45, 2.75) is 78.6 Å². The van der Waals surface area contributed by atoms with Gasteiger partial charge in [-0.3, -0.25) is 0 Å². The molecule has 0 saturated carbocycles. The first-order valence-corrected chi connectivity index (χ1v) is 7.30. The molecule has 0 atom stereocenters. The van der Waals surface area contributed by atoms with Gasteiger partial charge in [-0.25, -0.2) is 4.79 Å². The molecule has 0 aliphatic heterocycles. The number of carboxylic acids is 1. The number of carbonyl (C=O) groups is 1. The molecule has 0 aliphatic carbocycles. The van der Waals surface area contributed by atoms with Crippen LogP contribution in [0, 0.1) is 5.41 Å². The molecule has 0 bridgehead atoms. The molecule has 2 heteroatoms. The van der Waals surface area contributed by atoms with Crippen molar-refractivity contribution in [1.29, 1.82) is 0 Å². The van der Waals surface area contributed by atoms with Gasteiger partial charge in [-0.05, 0) is 18.3 Å². The van der Waals surface area contributed by atoms with E-state index in [-0.39, 0.29) is 5.41 Å². The normalized spacial score (nSPS) is 11.5. The molecule has 0 heterocycles. The Hall–Kier alpha value is -0.790. The van der Waals surface area contributed by atoms with Crippen molar-refractivity contribution in [3.63, 3.8) is 0 Å². The van der Waals surface area contributed by atoms with E-state index in [4.69, 9.17) is 5.11 Å². The number of rotatable bonds is 11. The maximum absolute atomic E-state index is 10.8. The zero-order valence-corrected chi connectivity index (χ0v) is 12.4. The second-order valence-corrected chi connectivity index (χ2v) is 6.12. The van der Waals surface area contributed by atoms with Crippen LogP contribution in [-0.4, -0.2) is 11.1 Å². The largest absolute Gasteiger partial charge is 0.478 e. The van der Waals surface area contributed by atoms with Crippen molar-refractivity contribution < 1.29 is 9.90 Å². The van der Waals surface area contributed by atoms with Gasteiger partial charge in [0.05, 0.1) is 0 Å². The Morgan fingerprint density at radius 1 is 1.06 bits per heavy atom. The SMILES string of the molecule is C=C(CC(C)(C)CCCCCCCCC)C(=O)O. The van der Waals surface area contributed by atoms with E-state index in [0.29, 0.717) is 12.0 Å². The number of unbranched alkanes of at least 4 members (excludes halogenated alkanes) is 6. The molecule has 0 aromatic heterocycles.